The number of anilines is 2. The molecule has 0 saturated heterocycles. The summed E-state index contributed by atoms with van der Waals surface area (Å²) in [4.78, 5) is 0. The fourth-order valence-electron chi connectivity index (χ4n) is 2.13. The van der Waals surface area contributed by atoms with Crippen molar-refractivity contribution in [3.05, 3.63) is 84.3 Å². The van der Waals surface area contributed by atoms with Gasteiger partial charge in [0.2, 0.25) is 0 Å². The van der Waals surface area contributed by atoms with Gasteiger partial charge in [-0.1, -0.05) is 37.4 Å². The highest BCUT2D eigenvalue weighted by atomic mass is 15.1. The summed E-state index contributed by atoms with van der Waals surface area (Å²) in [6, 6.07) is 16.8. The van der Waals surface area contributed by atoms with Crippen LogP contribution in [-0.2, 0) is 6.42 Å². The summed E-state index contributed by atoms with van der Waals surface area (Å²) in [5.41, 5.74) is 5.61. The van der Waals surface area contributed by atoms with Gasteiger partial charge in [-0.25, -0.2) is 0 Å². The Bertz CT molecular complexity index is 639. The molecule has 0 aliphatic heterocycles. The van der Waals surface area contributed by atoms with Gasteiger partial charge >= 0.3 is 0 Å². The Morgan fingerprint density at radius 2 is 1.27 bits per heavy atom. The van der Waals surface area contributed by atoms with Crippen LogP contribution in [0, 0.1) is 0 Å². The van der Waals surface area contributed by atoms with Gasteiger partial charge in [0.15, 0.2) is 0 Å². The highest BCUT2D eigenvalue weighted by Crippen LogP contribution is 2.17. The Kier molecular flexibility index (Phi) is 5.26. The smallest absolute Gasteiger partial charge is 0.0954 e. The molecule has 0 amide bonds. The largest absolute Gasteiger partial charge is 0.375 e. The van der Waals surface area contributed by atoms with Gasteiger partial charge in [0.1, 0.15) is 0 Å². The van der Waals surface area contributed by atoms with E-state index in [0.717, 1.165) is 29.3 Å². The zero-order valence-corrected chi connectivity index (χ0v) is 13.2. The Morgan fingerprint density at radius 3 is 1.68 bits per heavy atom. The lowest BCUT2D eigenvalue weighted by molar-refractivity contribution is 1.00. The Hall–Kier alpha value is -2.68. The summed E-state index contributed by atoms with van der Waals surface area (Å²) in [5.74, 6) is 0.786. The van der Waals surface area contributed by atoms with Crippen LogP contribution in [-0.4, -0.2) is 7.05 Å². The van der Waals surface area contributed by atoms with Gasteiger partial charge in [0, 0.05) is 24.1 Å². The third kappa shape index (κ3) is 4.70. The van der Waals surface area contributed by atoms with Crippen LogP contribution in [0.1, 0.15) is 18.1 Å². The lowest BCUT2D eigenvalue weighted by Gasteiger charge is -2.10. The molecule has 0 aliphatic rings. The molecule has 2 rings (SSSR count). The maximum absolute atomic E-state index is 3.85. The molecule has 2 aromatic rings. The minimum atomic E-state index is 0.786. The first-order valence-corrected chi connectivity index (χ1v) is 7.31. The van der Waals surface area contributed by atoms with E-state index in [1.807, 2.05) is 14.0 Å². The number of allylic oxidation sites excluding steroid dienone is 1. The fraction of sp³-hybridized carbons (Fsp3) is 0.158. The topological polar surface area (TPSA) is 36.1 Å². The monoisotopic (exact) mass is 293 g/mol. The molecule has 0 heterocycles. The minimum absolute atomic E-state index is 0.786. The van der Waals surface area contributed by atoms with Crippen molar-refractivity contribution in [2.45, 2.75) is 13.3 Å². The first-order chi connectivity index (χ1) is 10.6. The van der Waals surface area contributed by atoms with E-state index in [0.29, 0.717) is 0 Å². The molecule has 0 fully saturated rings. The molecule has 0 aromatic heterocycles. The van der Waals surface area contributed by atoms with E-state index in [1.54, 1.807) is 0 Å². The number of nitrogens with one attached hydrogen (secondary N) is 3. The highest BCUT2D eigenvalue weighted by molar-refractivity contribution is 5.51. The molecule has 0 unspecified atom stereocenters. The average molecular weight is 293 g/mol. The summed E-state index contributed by atoms with van der Waals surface area (Å²) in [6.45, 7) is 9.65. The van der Waals surface area contributed by atoms with E-state index < -0.39 is 0 Å². The molecule has 2 aromatic carbocycles. The third-order valence-corrected chi connectivity index (χ3v) is 3.27. The van der Waals surface area contributed by atoms with Crippen LogP contribution >= 0.6 is 0 Å². The van der Waals surface area contributed by atoms with E-state index >= 15 is 0 Å². The average Bonchev–Trinajstić information content (AvgIpc) is 2.50. The van der Waals surface area contributed by atoms with Gasteiger partial charge in [0.05, 0.1) is 5.82 Å². The van der Waals surface area contributed by atoms with E-state index in [9.17, 15) is 0 Å². The van der Waals surface area contributed by atoms with Crippen molar-refractivity contribution < 1.29 is 0 Å². The molecule has 3 nitrogen and oxygen atoms in total. The van der Waals surface area contributed by atoms with Crippen molar-refractivity contribution in [3.8, 4) is 0 Å². The van der Waals surface area contributed by atoms with E-state index in [1.165, 1.54) is 11.1 Å². The molecule has 0 saturated carbocycles. The molecule has 3 N–H and O–H groups in total. The molecular weight excluding hydrogens is 270 g/mol. The van der Waals surface area contributed by atoms with Crippen LogP contribution < -0.4 is 16.0 Å². The van der Waals surface area contributed by atoms with E-state index in [-0.39, 0.29) is 0 Å². The molecule has 0 atom stereocenters. The van der Waals surface area contributed by atoms with Crippen molar-refractivity contribution >= 4 is 11.4 Å². The lowest BCUT2D eigenvalue weighted by atomic mass is 10.0. The van der Waals surface area contributed by atoms with Gasteiger partial charge in [-0.2, -0.15) is 0 Å². The Balaban J connectivity index is 1.98. The van der Waals surface area contributed by atoms with Crippen LogP contribution in [0.25, 0.3) is 0 Å². The second kappa shape index (κ2) is 7.36. The molecule has 0 bridgehead atoms. The summed E-state index contributed by atoms with van der Waals surface area (Å²) in [6.07, 6.45) is 0.917. The lowest BCUT2D eigenvalue weighted by Crippen LogP contribution is -2.12. The van der Waals surface area contributed by atoms with Gasteiger partial charge in [-0.15, -0.1) is 0 Å². The van der Waals surface area contributed by atoms with E-state index in [4.69, 9.17) is 0 Å². The third-order valence-electron chi connectivity index (χ3n) is 3.27. The first kappa shape index (κ1) is 15.7. The molecule has 0 aliphatic carbocycles. The predicted octanol–water partition coefficient (Wildman–Crippen LogP) is 4.33. The maximum atomic E-state index is 3.85. The maximum Gasteiger partial charge on any atom is 0.0954 e. The fourth-order valence-corrected chi connectivity index (χ4v) is 2.13. The van der Waals surface area contributed by atoms with Crippen molar-refractivity contribution in [2.75, 3.05) is 17.7 Å². The molecular formula is C19H23N3. The van der Waals surface area contributed by atoms with Gasteiger partial charge in [-0.3, -0.25) is 0 Å². The highest BCUT2D eigenvalue weighted by Gasteiger charge is 1.99. The van der Waals surface area contributed by atoms with Crippen LogP contribution in [0.3, 0.4) is 0 Å². The molecule has 3 heteroatoms. The Labute approximate surface area is 132 Å². The van der Waals surface area contributed by atoms with Gasteiger partial charge in [-0.05, 0) is 48.7 Å². The number of benzene rings is 2. The standard InChI is InChI=1S/C19H23N3/c1-14(2)21-18-9-5-16(6-10-18)13-17-7-11-19(12-8-17)22-15(3)20-4/h5-12,20-22H,1,3,13H2,2,4H3. The summed E-state index contributed by atoms with van der Waals surface area (Å²) in [7, 11) is 1.84. The second-order valence-electron chi connectivity index (χ2n) is 5.33. The minimum Gasteiger partial charge on any atom is -0.375 e. The molecule has 0 radical (unpaired) electrons. The number of hydrogen-bond acceptors (Lipinski definition) is 3. The van der Waals surface area contributed by atoms with Crippen LogP contribution in [0.2, 0.25) is 0 Å². The first-order valence-electron chi connectivity index (χ1n) is 7.31. The molecule has 114 valence electrons. The number of hydrogen-bond donors (Lipinski definition) is 3. The zero-order chi connectivity index (χ0) is 15.9. The zero-order valence-electron chi connectivity index (χ0n) is 13.2. The van der Waals surface area contributed by atoms with Gasteiger partial charge in [0.25, 0.3) is 0 Å². The second-order valence-corrected chi connectivity index (χ2v) is 5.33. The molecule has 22 heavy (non-hydrogen) atoms. The van der Waals surface area contributed by atoms with Crippen LogP contribution in [0.5, 0.6) is 0 Å². The summed E-state index contributed by atoms with van der Waals surface area (Å²) < 4.78 is 0. The van der Waals surface area contributed by atoms with Crippen LogP contribution in [0.15, 0.2) is 73.2 Å². The number of rotatable bonds is 7. The van der Waals surface area contributed by atoms with Crippen molar-refractivity contribution in [1.82, 2.24) is 5.32 Å². The Morgan fingerprint density at radius 1 is 0.818 bits per heavy atom. The van der Waals surface area contributed by atoms with Gasteiger partial charge < -0.3 is 16.0 Å². The molecule has 0 spiro atoms. The van der Waals surface area contributed by atoms with Crippen molar-refractivity contribution in [2.24, 2.45) is 0 Å². The predicted molar refractivity (Wildman–Crippen MR) is 95.9 cm³/mol. The van der Waals surface area contributed by atoms with Crippen LogP contribution in [0.4, 0.5) is 11.4 Å². The SMILES string of the molecule is C=C(C)Nc1ccc(Cc2ccc(NC(=C)NC)cc2)cc1. The quantitative estimate of drug-likeness (QED) is 0.711. The van der Waals surface area contributed by atoms with Crippen molar-refractivity contribution in [3.63, 3.8) is 0 Å². The van der Waals surface area contributed by atoms with Crippen molar-refractivity contribution in [1.29, 1.82) is 0 Å². The normalized spacial score (nSPS) is 9.91. The summed E-state index contributed by atoms with van der Waals surface area (Å²) in [5, 5.41) is 9.37. The van der Waals surface area contributed by atoms with E-state index in [2.05, 4.69) is 77.6 Å². The summed E-state index contributed by atoms with van der Waals surface area (Å²) >= 11 is 0.